The van der Waals surface area contributed by atoms with E-state index in [1.807, 2.05) is 0 Å². The van der Waals surface area contributed by atoms with Crippen LogP contribution in [-0.2, 0) is 4.74 Å². The van der Waals surface area contributed by atoms with Crippen molar-refractivity contribution in [1.29, 1.82) is 10.8 Å². The Morgan fingerprint density at radius 3 is 1.62 bits per heavy atom. The summed E-state index contributed by atoms with van der Waals surface area (Å²) in [6.07, 6.45) is -4.82. The quantitative estimate of drug-likeness (QED) is 0.454. The third kappa shape index (κ3) is 3.91. The smallest absolute Gasteiger partial charge is 0.421 e. The van der Waals surface area contributed by atoms with Crippen molar-refractivity contribution in [1.82, 2.24) is 0 Å². The van der Waals surface area contributed by atoms with Crippen LogP contribution < -0.4 is 0 Å². The molecule has 0 aromatic rings. The predicted octanol–water partition coefficient (Wildman–Crippen LogP) is 2.57. The number of hydrogen-bond acceptors (Lipinski definition) is 3. The van der Waals surface area contributed by atoms with Gasteiger partial charge in [-0.1, -0.05) is 20.8 Å². The van der Waals surface area contributed by atoms with Crippen LogP contribution in [0.3, 0.4) is 0 Å². The van der Waals surface area contributed by atoms with E-state index < -0.39 is 23.4 Å². The van der Waals surface area contributed by atoms with E-state index in [9.17, 15) is 13.2 Å². The van der Waals surface area contributed by atoms with Gasteiger partial charge in [0.15, 0.2) is 5.90 Å². The van der Waals surface area contributed by atoms with Gasteiger partial charge < -0.3 is 4.74 Å². The number of alkyl halides is 3. The highest BCUT2D eigenvalue weighted by Crippen LogP contribution is 2.21. The monoisotopic (exact) mass is 196 g/mol. The Morgan fingerprint density at radius 1 is 1.00 bits per heavy atom. The number of hydrogen-bond donors (Lipinski definition) is 2. The zero-order valence-electron chi connectivity index (χ0n) is 7.54. The molecule has 0 fully saturated rings. The van der Waals surface area contributed by atoms with Crippen LogP contribution >= 0.6 is 0 Å². The maximum absolute atomic E-state index is 11.8. The first-order chi connectivity index (χ1) is 5.55. The molecule has 0 aromatic carbocycles. The van der Waals surface area contributed by atoms with Gasteiger partial charge in [-0.25, -0.2) is 0 Å². The maximum Gasteiger partial charge on any atom is 0.468 e. The van der Waals surface area contributed by atoms with Crippen molar-refractivity contribution in [3.05, 3.63) is 0 Å². The lowest BCUT2D eigenvalue weighted by molar-refractivity contribution is -0.0733. The summed E-state index contributed by atoms with van der Waals surface area (Å²) >= 11 is 0. The molecule has 0 aromatic heterocycles. The maximum atomic E-state index is 11.8. The van der Waals surface area contributed by atoms with Gasteiger partial charge in [-0.05, 0) is 0 Å². The van der Waals surface area contributed by atoms with Crippen molar-refractivity contribution in [2.24, 2.45) is 5.41 Å². The standard InChI is InChI=1S/C7H11F3N2O/c1-6(2,3)4(11)13-5(12)7(8,9)10/h11-12H,1-3H3. The summed E-state index contributed by atoms with van der Waals surface area (Å²) in [6, 6.07) is 0. The molecular formula is C7H11F3N2O. The van der Waals surface area contributed by atoms with Crippen LogP contribution in [0.15, 0.2) is 0 Å². The van der Waals surface area contributed by atoms with Crippen LogP contribution in [-0.4, -0.2) is 18.0 Å². The molecule has 0 bridgehead atoms. The van der Waals surface area contributed by atoms with Crippen LogP contribution in [0.5, 0.6) is 0 Å². The van der Waals surface area contributed by atoms with Gasteiger partial charge in [0, 0.05) is 5.41 Å². The van der Waals surface area contributed by atoms with Crippen LogP contribution in [0.1, 0.15) is 20.8 Å². The number of ether oxygens (including phenoxy) is 1. The highest BCUT2D eigenvalue weighted by molar-refractivity contribution is 5.93. The molecule has 3 nitrogen and oxygen atoms in total. The van der Waals surface area contributed by atoms with Crippen LogP contribution in [0, 0.1) is 16.2 Å². The van der Waals surface area contributed by atoms with Gasteiger partial charge in [0.05, 0.1) is 0 Å². The summed E-state index contributed by atoms with van der Waals surface area (Å²) in [6.45, 7) is 4.58. The minimum Gasteiger partial charge on any atom is -0.421 e. The van der Waals surface area contributed by atoms with Crippen LogP contribution in [0.2, 0.25) is 0 Å². The minimum absolute atomic E-state index is 0.574. The van der Waals surface area contributed by atoms with Gasteiger partial charge in [-0.3, -0.25) is 10.8 Å². The van der Waals surface area contributed by atoms with Crippen molar-refractivity contribution in [3.8, 4) is 0 Å². The Bertz CT molecular complexity index is 203. The Balaban J connectivity index is 4.34. The predicted molar refractivity (Wildman–Crippen MR) is 42.0 cm³/mol. The van der Waals surface area contributed by atoms with Crippen molar-refractivity contribution in [3.63, 3.8) is 0 Å². The van der Waals surface area contributed by atoms with E-state index in [2.05, 4.69) is 4.74 Å². The molecule has 0 rings (SSSR count). The van der Waals surface area contributed by atoms with E-state index >= 15 is 0 Å². The summed E-state index contributed by atoms with van der Waals surface area (Å²) in [5, 5.41) is 13.6. The molecule has 2 N–H and O–H groups in total. The molecule has 76 valence electrons. The van der Waals surface area contributed by atoms with E-state index in [0.717, 1.165) is 0 Å². The molecule has 0 spiro atoms. The molecule has 0 atom stereocenters. The van der Waals surface area contributed by atoms with E-state index in [1.165, 1.54) is 20.8 Å². The highest BCUT2D eigenvalue weighted by Gasteiger charge is 2.39. The Hall–Kier alpha value is -1.07. The molecule has 6 heteroatoms. The second-order valence-corrected chi connectivity index (χ2v) is 3.51. The van der Waals surface area contributed by atoms with Gasteiger partial charge in [-0.2, -0.15) is 13.2 Å². The second kappa shape index (κ2) is 3.35. The van der Waals surface area contributed by atoms with Gasteiger partial charge in [0.1, 0.15) is 0 Å². The Morgan fingerprint density at radius 2 is 1.38 bits per heavy atom. The fourth-order valence-electron chi connectivity index (χ4n) is 0.313. The third-order valence-electron chi connectivity index (χ3n) is 1.14. The van der Waals surface area contributed by atoms with Crippen LogP contribution in [0.25, 0.3) is 0 Å². The second-order valence-electron chi connectivity index (χ2n) is 3.51. The first-order valence-corrected chi connectivity index (χ1v) is 3.48. The van der Waals surface area contributed by atoms with E-state index in [0.29, 0.717) is 0 Å². The number of nitrogens with one attached hydrogen (secondary N) is 2. The van der Waals surface area contributed by atoms with Gasteiger partial charge in [-0.15, -0.1) is 0 Å². The normalized spacial score (nSPS) is 12.5. The average molecular weight is 196 g/mol. The Labute approximate surface area is 73.9 Å². The summed E-state index contributed by atoms with van der Waals surface area (Å²) in [5.74, 6) is -2.43. The third-order valence-corrected chi connectivity index (χ3v) is 1.14. The SMILES string of the molecule is CC(C)(C)C(=N)OC(=N)C(F)(F)F. The van der Waals surface area contributed by atoms with Crippen molar-refractivity contribution < 1.29 is 17.9 Å². The summed E-state index contributed by atoms with van der Waals surface area (Å²) in [4.78, 5) is 0. The number of halogens is 3. The molecule has 0 aliphatic heterocycles. The average Bonchev–Trinajstić information content (AvgIpc) is 1.82. The molecule has 0 saturated carbocycles. The largest absolute Gasteiger partial charge is 0.468 e. The number of rotatable bonds is 0. The zero-order chi connectivity index (χ0) is 10.9. The topological polar surface area (TPSA) is 56.9 Å². The lowest BCUT2D eigenvalue weighted by atomic mass is 9.97. The first-order valence-electron chi connectivity index (χ1n) is 3.48. The zero-order valence-corrected chi connectivity index (χ0v) is 7.54. The molecule has 0 aliphatic carbocycles. The van der Waals surface area contributed by atoms with E-state index in [-0.39, 0.29) is 0 Å². The van der Waals surface area contributed by atoms with Crippen molar-refractivity contribution in [2.45, 2.75) is 26.9 Å². The molecule has 0 amide bonds. The van der Waals surface area contributed by atoms with Crippen molar-refractivity contribution in [2.75, 3.05) is 0 Å². The summed E-state index contributed by atoms with van der Waals surface area (Å²) in [7, 11) is 0. The highest BCUT2D eigenvalue weighted by atomic mass is 19.4. The summed E-state index contributed by atoms with van der Waals surface area (Å²) < 4.78 is 39.3. The fraction of sp³-hybridized carbons (Fsp3) is 0.714. The molecule has 0 aliphatic rings. The lowest BCUT2D eigenvalue weighted by Gasteiger charge is -2.20. The Kier molecular flexibility index (Phi) is 3.08. The first kappa shape index (κ1) is 11.9. The molecule has 0 unspecified atom stereocenters. The minimum atomic E-state index is -4.82. The van der Waals surface area contributed by atoms with Gasteiger partial charge in [0.25, 0.3) is 5.90 Å². The molecule has 0 saturated heterocycles. The fourth-order valence-corrected chi connectivity index (χ4v) is 0.313. The van der Waals surface area contributed by atoms with E-state index in [1.54, 1.807) is 0 Å². The molecule has 0 heterocycles. The van der Waals surface area contributed by atoms with Gasteiger partial charge >= 0.3 is 6.18 Å². The van der Waals surface area contributed by atoms with Crippen LogP contribution in [0.4, 0.5) is 13.2 Å². The van der Waals surface area contributed by atoms with Crippen molar-refractivity contribution >= 4 is 11.8 Å². The van der Waals surface area contributed by atoms with Gasteiger partial charge in [0.2, 0.25) is 0 Å². The summed E-state index contributed by atoms with van der Waals surface area (Å²) in [5.41, 5.74) is -0.822. The molecule has 0 radical (unpaired) electrons. The molecule has 13 heavy (non-hydrogen) atoms. The molecular weight excluding hydrogens is 185 g/mol. The van der Waals surface area contributed by atoms with E-state index in [4.69, 9.17) is 10.8 Å². The lowest BCUT2D eigenvalue weighted by Crippen LogP contribution is -2.32.